The zero-order chi connectivity index (χ0) is 22.3. The van der Waals surface area contributed by atoms with Crippen LogP contribution < -0.4 is 9.00 Å². The Kier molecular flexibility index (Phi) is 10.2. The third kappa shape index (κ3) is 7.82. The maximum absolute atomic E-state index is 6.44. The molecule has 29 heavy (non-hydrogen) atoms. The number of hydrogen-bond acceptors (Lipinski definition) is 7. The van der Waals surface area contributed by atoms with Crippen LogP contribution in [0.4, 0.5) is 0 Å². The van der Waals surface area contributed by atoms with Crippen molar-refractivity contribution in [2.24, 2.45) is 0 Å². The maximum atomic E-state index is 6.44. The highest BCUT2D eigenvalue weighted by Gasteiger charge is 2.52. The van der Waals surface area contributed by atoms with Gasteiger partial charge in [0.05, 0.1) is 20.2 Å². The van der Waals surface area contributed by atoms with Crippen molar-refractivity contribution in [3.63, 3.8) is 0 Å². The van der Waals surface area contributed by atoms with Crippen molar-refractivity contribution in [3.05, 3.63) is 12.1 Å². The van der Waals surface area contributed by atoms with Gasteiger partial charge in [0.1, 0.15) is 0 Å². The van der Waals surface area contributed by atoms with Gasteiger partial charge in [-0.3, -0.25) is 0 Å². The lowest BCUT2D eigenvalue weighted by atomic mass is 10.2. The molecule has 0 N–H and O–H groups in total. The Hall–Kier alpha value is -0.106. The summed E-state index contributed by atoms with van der Waals surface area (Å²) in [5.41, 5.74) is -0.812. The molecule has 9 heteroatoms. The molecule has 0 saturated carbocycles. The second kappa shape index (κ2) is 11.0. The van der Waals surface area contributed by atoms with Crippen LogP contribution in [0, 0.1) is 0 Å². The van der Waals surface area contributed by atoms with Crippen LogP contribution in [0.25, 0.3) is 0 Å². The van der Waals surface area contributed by atoms with Crippen molar-refractivity contribution >= 4 is 37.9 Å². The molecule has 0 spiro atoms. The monoisotopic (exact) mass is 464 g/mol. The molecular formula is C20H40O6SSi2. The van der Waals surface area contributed by atoms with E-state index in [4.69, 9.17) is 26.6 Å². The molecule has 1 heterocycles. The minimum atomic E-state index is -3.10. The second-order valence-electron chi connectivity index (χ2n) is 8.44. The molecule has 0 amide bonds. The van der Waals surface area contributed by atoms with Gasteiger partial charge in [0, 0.05) is 26.4 Å². The van der Waals surface area contributed by atoms with Crippen LogP contribution in [0.15, 0.2) is 12.1 Å². The predicted octanol–water partition coefficient (Wildman–Crippen LogP) is 3.82. The smallest absolute Gasteiger partial charge is 0.370 e. The van der Waals surface area contributed by atoms with Gasteiger partial charge in [0.15, 0.2) is 0 Å². The van der Waals surface area contributed by atoms with Gasteiger partial charge < -0.3 is 26.6 Å². The molecule has 0 radical (unpaired) electrons. The normalized spacial score (nSPS) is 13.9. The number of thiophene rings is 1. The summed E-state index contributed by atoms with van der Waals surface area (Å²) in [6.07, 6.45) is 0. The van der Waals surface area contributed by atoms with E-state index in [1.807, 2.05) is 81.4 Å². The van der Waals surface area contributed by atoms with E-state index in [9.17, 15) is 0 Å². The highest BCUT2D eigenvalue weighted by molar-refractivity contribution is 7.32. The molecular weight excluding hydrogens is 424 g/mol. The Morgan fingerprint density at radius 2 is 0.897 bits per heavy atom. The van der Waals surface area contributed by atoms with Crippen molar-refractivity contribution in [1.29, 1.82) is 0 Å². The van der Waals surface area contributed by atoms with Crippen molar-refractivity contribution in [2.45, 2.75) is 80.4 Å². The molecule has 0 aliphatic carbocycles. The largest absolute Gasteiger partial charge is 0.548 e. The summed E-state index contributed by atoms with van der Waals surface area (Å²) < 4.78 is 39.5. The van der Waals surface area contributed by atoms with E-state index in [1.54, 1.807) is 11.3 Å². The molecule has 0 aliphatic rings. The average Bonchev–Trinajstić information content (AvgIpc) is 3.03. The van der Waals surface area contributed by atoms with Crippen LogP contribution in [-0.4, -0.2) is 55.2 Å². The van der Waals surface area contributed by atoms with Gasteiger partial charge in [-0.15, -0.1) is 11.3 Å². The highest BCUT2D eigenvalue weighted by Crippen LogP contribution is 2.25. The standard InChI is InChI=1S/C20H40O6SSi2/c1-11-21-28(22-12-2,25-19(5,6)7)17-15-16-18(27-17)29(23-13-3,24-14-4)26-20(8,9)10/h15-16H,11-14H2,1-10H3. The van der Waals surface area contributed by atoms with Gasteiger partial charge in [-0.1, -0.05) is 0 Å². The van der Waals surface area contributed by atoms with Gasteiger partial charge in [-0.25, -0.2) is 0 Å². The SMILES string of the molecule is CCO[Si](OCC)(OC(C)(C)C)c1ccc([Si](OCC)(OCC)OC(C)(C)C)s1. The van der Waals surface area contributed by atoms with Gasteiger partial charge in [-0.2, -0.15) is 0 Å². The van der Waals surface area contributed by atoms with Crippen molar-refractivity contribution in [3.8, 4) is 0 Å². The molecule has 1 rings (SSSR count). The minimum Gasteiger partial charge on any atom is -0.370 e. The molecule has 0 bridgehead atoms. The zero-order valence-electron chi connectivity index (χ0n) is 19.8. The Morgan fingerprint density at radius 3 is 1.10 bits per heavy atom. The fourth-order valence-corrected chi connectivity index (χ4v) is 11.1. The third-order valence-corrected chi connectivity index (χ3v) is 12.2. The summed E-state index contributed by atoms with van der Waals surface area (Å²) in [5.74, 6) is 0. The van der Waals surface area contributed by atoms with Gasteiger partial charge >= 0.3 is 17.6 Å². The topological polar surface area (TPSA) is 55.4 Å². The fourth-order valence-electron chi connectivity index (χ4n) is 2.82. The molecule has 0 aromatic carbocycles. The first-order valence-corrected chi connectivity index (χ1v) is 14.7. The molecule has 0 fully saturated rings. The summed E-state index contributed by atoms with van der Waals surface area (Å²) in [6, 6.07) is 4.05. The van der Waals surface area contributed by atoms with Crippen LogP contribution >= 0.6 is 11.3 Å². The van der Waals surface area contributed by atoms with E-state index >= 15 is 0 Å². The molecule has 1 aromatic rings. The first-order chi connectivity index (χ1) is 13.4. The van der Waals surface area contributed by atoms with Crippen molar-refractivity contribution in [2.75, 3.05) is 26.4 Å². The molecule has 6 nitrogen and oxygen atoms in total. The first kappa shape index (κ1) is 26.9. The third-order valence-electron chi connectivity index (χ3n) is 3.43. The van der Waals surface area contributed by atoms with Crippen molar-refractivity contribution < 1.29 is 26.6 Å². The summed E-state index contributed by atoms with van der Waals surface area (Å²) in [6.45, 7) is 22.0. The van der Waals surface area contributed by atoms with Gasteiger partial charge in [-0.05, 0) is 81.4 Å². The highest BCUT2D eigenvalue weighted by atomic mass is 32.1. The van der Waals surface area contributed by atoms with E-state index in [0.717, 1.165) is 9.00 Å². The van der Waals surface area contributed by atoms with E-state index in [0.29, 0.717) is 26.4 Å². The van der Waals surface area contributed by atoms with Crippen molar-refractivity contribution in [1.82, 2.24) is 0 Å². The fraction of sp³-hybridized carbons (Fsp3) is 0.800. The second-order valence-corrected chi connectivity index (χ2v) is 15.1. The summed E-state index contributed by atoms with van der Waals surface area (Å²) in [4.78, 5) is 0. The molecule has 0 unspecified atom stereocenters. The van der Waals surface area contributed by atoms with Crippen LogP contribution in [0.3, 0.4) is 0 Å². The number of rotatable bonds is 12. The van der Waals surface area contributed by atoms with E-state index in [2.05, 4.69) is 0 Å². The van der Waals surface area contributed by atoms with Crippen LogP contribution in [0.1, 0.15) is 69.2 Å². The Bertz CT molecular complexity index is 546. The average molecular weight is 465 g/mol. The molecule has 0 saturated heterocycles. The van der Waals surface area contributed by atoms with Gasteiger partial charge in [0.25, 0.3) is 0 Å². The van der Waals surface area contributed by atoms with Crippen LogP contribution in [-0.2, 0) is 26.6 Å². The van der Waals surface area contributed by atoms with E-state index < -0.39 is 28.8 Å². The van der Waals surface area contributed by atoms with E-state index in [1.165, 1.54) is 0 Å². The lowest BCUT2D eigenvalue weighted by molar-refractivity contribution is 0.0101. The zero-order valence-corrected chi connectivity index (χ0v) is 22.7. The molecule has 0 atom stereocenters. The Labute approximate surface area is 183 Å². The quantitative estimate of drug-likeness (QED) is 0.438. The summed E-state index contributed by atoms with van der Waals surface area (Å²) in [7, 11) is -6.19. The molecule has 170 valence electrons. The van der Waals surface area contributed by atoms with Crippen LogP contribution in [0.2, 0.25) is 0 Å². The predicted molar refractivity (Wildman–Crippen MR) is 123 cm³/mol. The lowest BCUT2D eigenvalue weighted by Gasteiger charge is -2.35. The Morgan fingerprint density at radius 1 is 0.621 bits per heavy atom. The summed E-state index contributed by atoms with van der Waals surface area (Å²) in [5, 5.41) is 0. The minimum absolute atomic E-state index is 0.406. The Balaban J connectivity index is 3.50. The number of hydrogen-bond donors (Lipinski definition) is 0. The molecule has 1 aromatic heterocycles. The van der Waals surface area contributed by atoms with Gasteiger partial charge in [0.2, 0.25) is 0 Å². The lowest BCUT2D eigenvalue weighted by Crippen LogP contribution is -2.60. The summed E-state index contributed by atoms with van der Waals surface area (Å²) >= 11 is 1.56. The van der Waals surface area contributed by atoms with Crippen LogP contribution in [0.5, 0.6) is 0 Å². The van der Waals surface area contributed by atoms with E-state index in [-0.39, 0.29) is 0 Å². The molecule has 0 aliphatic heterocycles. The maximum Gasteiger partial charge on any atom is 0.548 e. The first-order valence-electron chi connectivity index (χ1n) is 10.4.